The van der Waals surface area contributed by atoms with Crippen LogP contribution in [0.5, 0.6) is 5.75 Å². The number of ether oxygens (including phenoxy) is 1. The summed E-state index contributed by atoms with van der Waals surface area (Å²) in [7, 11) is 0. The van der Waals surface area contributed by atoms with Gasteiger partial charge >= 0.3 is 0 Å². The number of hydrogen-bond donors (Lipinski definition) is 0. The fourth-order valence-corrected chi connectivity index (χ4v) is 1.79. The third-order valence-corrected chi connectivity index (χ3v) is 2.75. The maximum atomic E-state index is 12.0. The number of hydrogen-bond acceptors (Lipinski definition) is 2. The van der Waals surface area contributed by atoms with Crippen molar-refractivity contribution in [3.05, 3.63) is 28.8 Å². The summed E-state index contributed by atoms with van der Waals surface area (Å²) in [5.74, 6) is 1.00. The molecular formula is C13H15ClO2. The van der Waals surface area contributed by atoms with Gasteiger partial charge in [0.1, 0.15) is 5.75 Å². The molecule has 0 N–H and O–H groups in total. The predicted octanol–water partition coefficient (Wildman–Crippen LogP) is 3.72. The minimum absolute atomic E-state index is 0.0620. The van der Waals surface area contributed by atoms with Gasteiger partial charge in [-0.1, -0.05) is 11.6 Å². The molecule has 2 nitrogen and oxygen atoms in total. The number of rotatable bonds is 4. The molecule has 3 heteroatoms. The summed E-state index contributed by atoms with van der Waals surface area (Å²) in [6.07, 6.45) is 2.05. The molecule has 16 heavy (non-hydrogen) atoms. The molecular weight excluding hydrogens is 224 g/mol. The molecule has 1 aromatic carbocycles. The molecule has 0 saturated heterocycles. The summed E-state index contributed by atoms with van der Waals surface area (Å²) in [6.45, 7) is 3.89. The minimum Gasteiger partial charge on any atom is -0.490 e. The highest BCUT2D eigenvalue weighted by molar-refractivity contribution is 6.31. The topological polar surface area (TPSA) is 26.3 Å². The molecule has 0 spiro atoms. The second kappa shape index (κ2) is 4.46. The zero-order valence-corrected chi connectivity index (χ0v) is 10.3. The molecule has 0 atom stereocenters. The van der Waals surface area contributed by atoms with E-state index in [9.17, 15) is 4.79 Å². The van der Waals surface area contributed by atoms with E-state index in [0.29, 0.717) is 16.3 Å². The van der Waals surface area contributed by atoms with Crippen molar-refractivity contribution in [3.8, 4) is 5.75 Å². The molecule has 1 aliphatic carbocycles. The molecule has 0 radical (unpaired) electrons. The lowest BCUT2D eigenvalue weighted by atomic mass is 10.1. The molecule has 86 valence electrons. The fraction of sp³-hybridized carbons (Fsp3) is 0.462. The highest BCUT2D eigenvalue weighted by Crippen LogP contribution is 2.36. The van der Waals surface area contributed by atoms with E-state index in [2.05, 4.69) is 0 Å². The van der Waals surface area contributed by atoms with Gasteiger partial charge in [-0.25, -0.2) is 0 Å². The Balaban J connectivity index is 2.31. The maximum absolute atomic E-state index is 12.0. The smallest absolute Gasteiger partial charge is 0.169 e. The van der Waals surface area contributed by atoms with Crippen LogP contribution in [-0.2, 0) is 0 Å². The van der Waals surface area contributed by atoms with Gasteiger partial charge in [0.25, 0.3) is 0 Å². The Kier molecular flexibility index (Phi) is 3.20. The van der Waals surface area contributed by atoms with Crippen molar-refractivity contribution in [2.24, 2.45) is 5.92 Å². The van der Waals surface area contributed by atoms with Gasteiger partial charge in [0.2, 0.25) is 0 Å². The normalized spacial score (nSPS) is 15.2. The monoisotopic (exact) mass is 238 g/mol. The number of carbonyl (C=O) groups excluding carboxylic acids is 1. The van der Waals surface area contributed by atoms with E-state index in [0.717, 1.165) is 12.8 Å². The first-order chi connectivity index (χ1) is 7.58. The van der Waals surface area contributed by atoms with Gasteiger partial charge in [0, 0.05) is 10.9 Å². The van der Waals surface area contributed by atoms with Gasteiger partial charge in [-0.05, 0) is 44.9 Å². The Hall–Kier alpha value is -1.02. The van der Waals surface area contributed by atoms with E-state index in [1.807, 2.05) is 13.8 Å². The molecule has 0 amide bonds. The van der Waals surface area contributed by atoms with Crippen LogP contribution in [0.25, 0.3) is 0 Å². The standard InChI is InChI=1S/C13H15ClO2/c1-8(2)16-12-6-5-10(14)7-11(12)13(15)9-3-4-9/h5-9H,3-4H2,1-2H3. The van der Waals surface area contributed by atoms with Crippen LogP contribution in [0.15, 0.2) is 18.2 Å². The van der Waals surface area contributed by atoms with E-state index < -0.39 is 0 Å². The Labute approximate surface area is 101 Å². The molecule has 1 saturated carbocycles. The Morgan fingerprint density at radius 1 is 1.44 bits per heavy atom. The average molecular weight is 239 g/mol. The lowest BCUT2D eigenvalue weighted by molar-refractivity contribution is 0.0962. The summed E-state index contributed by atoms with van der Waals surface area (Å²) in [4.78, 5) is 12.0. The second-order valence-corrected chi connectivity index (χ2v) is 4.88. The second-order valence-electron chi connectivity index (χ2n) is 4.45. The summed E-state index contributed by atoms with van der Waals surface area (Å²) >= 11 is 5.91. The number of Topliss-reactive ketones (excluding diaryl/α,β-unsaturated/α-hetero) is 1. The van der Waals surface area contributed by atoms with Gasteiger partial charge in [0.05, 0.1) is 11.7 Å². The minimum atomic E-state index is 0.0620. The Bertz CT molecular complexity index is 408. The molecule has 0 aromatic heterocycles. The predicted molar refractivity (Wildman–Crippen MR) is 64.3 cm³/mol. The summed E-state index contributed by atoms with van der Waals surface area (Å²) in [6, 6.07) is 5.24. The Morgan fingerprint density at radius 2 is 2.12 bits per heavy atom. The highest BCUT2D eigenvalue weighted by atomic mass is 35.5. The van der Waals surface area contributed by atoms with Crippen LogP contribution in [0.1, 0.15) is 37.0 Å². The molecule has 0 bridgehead atoms. The molecule has 1 aliphatic rings. The summed E-state index contributed by atoms with van der Waals surface area (Å²) in [5.41, 5.74) is 0.628. The SMILES string of the molecule is CC(C)Oc1ccc(Cl)cc1C(=O)C1CC1. The van der Waals surface area contributed by atoms with Gasteiger partial charge in [-0.15, -0.1) is 0 Å². The van der Waals surface area contributed by atoms with E-state index in [1.165, 1.54) is 0 Å². The van der Waals surface area contributed by atoms with E-state index >= 15 is 0 Å². The average Bonchev–Trinajstić information content (AvgIpc) is 3.02. The summed E-state index contributed by atoms with van der Waals surface area (Å²) in [5, 5.41) is 0.583. The van der Waals surface area contributed by atoms with Crippen LogP contribution in [0.3, 0.4) is 0 Å². The fourth-order valence-electron chi connectivity index (χ4n) is 1.62. The van der Waals surface area contributed by atoms with Crippen molar-refractivity contribution in [1.82, 2.24) is 0 Å². The van der Waals surface area contributed by atoms with Gasteiger partial charge in [0.15, 0.2) is 5.78 Å². The quantitative estimate of drug-likeness (QED) is 0.748. The van der Waals surface area contributed by atoms with Crippen LogP contribution in [0, 0.1) is 5.92 Å². The molecule has 0 aliphatic heterocycles. The lowest BCUT2D eigenvalue weighted by Gasteiger charge is -2.13. The third kappa shape index (κ3) is 2.56. The highest BCUT2D eigenvalue weighted by Gasteiger charge is 2.32. The molecule has 1 fully saturated rings. The van der Waals surface area contributed by atoms with E-state index in [4.69, 9.17) is 16.3 Å². The van der Waals surface area contributed by atoms with Crippen LogP contribution in [0.2, 0.25) is 5.02 Å². The first-order valence-corrected chi connectivity index (χ1v) is 5.96. The van der Waals surface area contributed by atoms with Crippen molar-refractivity contribution in [3.63, 3.8) is 0 Å². The van der Waals surface area contributed by atoms with Crippen LogP contribution in [-0.4, -0.2) is 11.9 Å². The largest absolute Gasteiger partial charge is 0.490 e. The van der Waals surface area contributed by atoms with E-state index in [-0.39, 0.29) is 17.8 Å². The molecule has 0 unspecified atom stereocenters. The van der Waals surface area contributed by atoms with E-state index in [1.54, 1.807) is 18.2 Å². The van der Waals surface area contributed by atoms with Gasteiger partial charge in [-0.3, -0.25) is 4.79 Å². The van der Waals surface area contributed by atoms with Crippen LogP contribution < -0.4 is 4.74 Å². The third-order valence-electron chi connectivity index (χ3n) is 2.52. The summed E-state index contributed by atoms with van der Waals surface area (Å²) < 4.78 is 5.62. The van der Waals surface area contributed by atoms with Crippen molar-refractivity contribution in [2.75, 3.05) is 0 Å². The molecule has 1 aromatic rings. The molecule has 2 rings (SSSR count). The first kappa shape index (κ1) is 11.5. The number of halogens is 1. The molecule has 0 heterocycles. The van der Waals surface area contributed by atoms with Crippen LogP contribution >= 0.6 is 11.6 Å². The lowest BCUT2D eigenvalue weighted by Crippen LogP contribution is -2.11. The van der Waals surface area contributed by atoms with Gasteiger partial charge in [-0.2, -0.15) is 0 Å². The number of benzene rings is 1. The first-order valence-electron chi connectivity index (χ1n) is 5.58. The maximum Gasteiger partial charge on any atom is 0.169 e. The van der Waals surface area contributed by atoms with Gasteiger partial charge < -0.3 is 4.74 Å². The van der Waals surface area contributed by atoms with Crippen molar-refractivity contribution in [1.29, 1.82) is 0 Å². The Morgan fingerprint density at radius 3 is 2.69 bits per heavy atom. The van der Waals surface area contributed by atoms with Crippen molar-refractivity contribution < 1.29 is 9.53 Å². The van der Waals surface area contributed by atoms with Crippen molar-refractivity contribution in [2.45, 2.75) is 32.8 Å². The van der Waals surface area contributed by atoms with Crippen LogP contribution in [0.4, 0.5) is 0 Å². The van der Waals surface area contributed by atoms with Crippen molar-refractivity contribution >= 4 is 17.4 Å². The number of ketones is 1. The zero-order chi connectivity index (χ0) is 11.7. The number of carbonyl (C=O) groups is 1. The zero-order valence-electron chi connectivity index (χ0n) is 9.50.